The van der Waals surface area contributed by atoms with Crippen LogP contribution in [-0.4, -0.2) is 53.4 Å². The van der Waals surface area contributed by atoms with Gasteiger partial charge in [-0.1, -0.05) is 12.1 Å². The SMILES string of the molecule is CN(C)[C@@H]1CCN(C(=O)c2ccccc2F)[C@H]1Cc1ccncc1. The number of carbonyl (C=O) groups excluding carboxylic acids is 1. The molecule has 0 unspecified atom stereocenters. The van der Waals surface area contributed by atoms with Gasteiger partial charge >= 0.3 is 0 Å². The molecule has 0 spiro atoms. The van der Waals surface area contributed by atoms with E-state index in [2.05, 4.69) is 9.88 Å². The zero-order chi connectivity index (χ0) is 17.1. The summed E-state index contributed by atoms with van der Waals surface area (Å²) in [6.07, 6.45) is 5.16. The van der Waals surface area contributed by atoms with Crippen molar-refractivity contribution < 1.29 is 9.18 Å². The van der Waals surface area contributed by atoms with Crippen LogP contribution in [0.4, 0.5) is 4.39 Å². The molecule has 5 heteroatoms. The molecule has 1 saturated heterocycles. The van der Waals surface area contributed by atoms with Crippen molar-refractivity contribution in [2.24, 2.45) is 0 Å². The fourth-order valence-corrected chi connectivity index (χ4v) is 3.49. The topological polar surface area (TPSA) is 36.4 Å². The Kier molecular flexibility index (Phi) is 4.90. The molecule has 1 aromatic heterocycles. The highest BCUT2D eigenvalue weighted by atomic mass is 19.1. The van der Waals surface area contributed by atoms with Crippen molar-refractivity contribution in [3.8, 4) is 0 Å². The molecular formula is C19H22FN3O. The van der Waals surface area contributed by atoms with E-state index in [9.17, 15) is 9.18 Å². The molecule has 1 amide bonds. The maximum atomic E-state index is 14.0. The Labute approximate surface area is 141 Å². The standard InChI is InChI=1S/C19H22FN3O/c1-22(2)17-9-12-23(18(17)13-14-7-10-21-11-8-14)19(24)15-5-3-4-6-16(15)20/h3-8,10-11,17-18H,9,12-13H2,1-2H3/t17-,18+/m1/s1. The number of hydrogen-bond donors (Lipinski definition) is 0. The van der Waals surface area contributed by atoms with Gasteiger partial charge in [0.05, 0.1) is 11.6 Å². The Bertz CT molecular complexity index is 705. The minimum absolute atomic E-state index is 0.0227. The number of halogens is 1. The number of likely N-dealkylation sites (tertiary alicyclic amines) is 1. The summed E-state index contributed by atoms with van der Waals surface area (Å²) in [6.45, 7) is 0.645. The van der Waals surface area contributed by atoms with Crippen molar-refractivity contribution in [1.82, 2.24) is 14.8 Å². The van der Waals surface area contributed by atoms with E-state index in [0.29, 0.717) is 6.54 Å². The quantitative estimate of drug-likeness (QED) is 0.866. The number of likely N-dealkylation sites (N-methyl/N-ethyl adjacent to an activating group) is 1. The number of amides is 1. The molecule has 1 aliphatic rings. The molecule has 24 heavy (non-hydrogen) atoms. The molecular weight excluding hydrogens is 305 g/mol. The number of nitrogens with zero attached hydrogens (tertiary/aromatic N) is 3. The Hall–Kier alpha value is -2.27. The molecule has 0 saturated carbocycles. The smallest absolute Gasteiger partial charge is 0.257 e. The lowest BCUT2D eigenvalue weighted by molar-refractivity contribution is 0.0700. The Balaban J connectivity index is 1.88. The van der Waals surface area contributed by atoms with E-state index in [4.69, 9.17) is 0 Å². The predicted molar refractivity (Wildman–Crippen MR) is 91.3 cm³/mol. The molecule has 3 rings (SSSR count). The van der Waals surface area contributed by atoms with Crippen LogP contribution >= 0.6 is 0 Å². The first-order valence-corrected chi connectivity index (χ1v) is 8.18. The molecule has 0 bridgehead atoms. The average molecular weight is 327 g/mol. The molecule has 1 aliphatic heterocycles. The Morgan fingerprint density at radius 2 is 1.96 bits per heavy atom. The summed E-state index contributed by atoms with van der Waals surface area (Å²) in [4.78, 5) is 20.9. The second-order valence-corrected chi connectivity index (χ2v) is 6.42. The second-order valence-electron chi connectivity index (χ2n) is 6.42. The summed E-state index contributed by atoms with van der Waals surface area (Å²) in [6, 6.07) is 10.4. The molecule has 4 nitrogen and oxygen atoms in total. The molecule has 2 heterocycles. The van der Waals surface area contributed by atoms with Gasteiger partial charge in [0.25, 0.3) is 5.91 Å². The molecule has 1 aromatic carbocycles. The third-order valence-electron chi connectivity index (χ3n) is 4.73. The first-order chi connectivity index (χ1) is 11.6. The van der Waals surface area contributed by atoms with E-state index in [1.807, 2.05) is 31.1 Å². The first kappa shape index (κ1) is 16.6. The lowest BCUT2D eigenvalue weighted by Gasteiger charge is -2.31. The minimum Gasteiger partial charge on any atom is -0.334 e. The summed E-state index contributed by atoms with van der Waals surface area (Å²) < 4.78 is 14.0. The van der Waals surface area contributed by atoms with Gasteiger partial charge in [-0.2, -0.15) is 0 Å². The summed E-state index contributed by atoms with van der Waals surface area (Å²) in [7, 11) is 4.06. The van der Waals surface area contributed by atoms with Gasteiger partial charge in [0, 0.05) is 25.0 Å². The van der Waals surface area contributed by atoms with Gasteiger partial charge in [-0.25, -0.2) is 4.39 Å². The summed E-state index contributed by atoms with van der Waals surface area (Å²) in [5.41, 5.74) is 1.28. The van der Waals surface area contributed by atoms with Crippen molar-refractivity contribution in [1.29, 1.82) is 0 Å². The van der Waals surface area contributed by atoms with E-state index >= 15 is 0 Å². The number of carbonyl (C=O) groups is 1. The molecule has 0 aliphatic carbocycles. The van der Waals surface area contributed by atoms with Gasteiger partial charge in [-0.05, 0) is 56.8 Å². The molecule has 2 atom stereocenters. The van der Waals surface area contributed by atoms with Crippen LogP contribution in [-0.2, 0) is 6.42 Å². The second kappa shape index (κ2) is 7.09. The highest BCUT2D eigenvalue weighted by molar-refractivity contribution is 5.95. The molecule has 0 N–H and O–H groups in total. The molecule has 1 fully saturated rings. The van der Waals surface area contributed by atoms with Crippen LogP contribution < -0.4 is 0 Å². The van der Waals surface area contributed by atoms with Gasteiger partial charge < -0.3 is 9.80 Å². The lowest BCUT2D eigenvalue weighted by Crippen LogP contribution is -2.46. The van der Waals surface area contributed by atoms with Crippen LogP contribution in [0.3, 0.4) is 0 Å². The van der Waals surface area contributed by atoms with Crippen LogP contribution in [0.1, 0.15) is 22.3 Å². The van der Waals surface area contributed by atoms with E-state index < -0.39 is 5.82 Å². The lowest BCUT2D eigenvalue weighted by atomic mass is 9.99. The van der Waals surface area contributed by atoms with E-state index in [-0.39, 0.29) is 23.6 Å². The maximum absolute atomic E-state index is 14.0. The van der Waals surface area contributed by atoms with Crippen molar-refractivity contribution in [2.75, 3.05) is 20.6 Å². The molecule has 0 radical (unpaired) electrons. The van der Waals surface area contributed by atoms with Gasteiger partial charge in [-0.3, -0.25) is 9.78 Å². The molecule has 2 aromatic rings. The Morgan fingerprint density at radius 1 is 1.25 bits per heavy atom. The fraction of sp³-hybridized carbons (Fsp3) is 0.368. The van der Waals surface area contributed by atoms with Crippen molar-refractivity contribution in [3.63, 3.8) is 0 Å². The third-order valence-corrected chi connectivity index (χ3v) is 4.73. The minimum atomic E-state index is -0.460. The van der Waals surface area contributed by atoms with Crippen LogP contribution in [0.5, 0.6) is 0 Å². The van der Waals surface area contributed by atoms with Crippen LogP contribution in [0.15, 0.2) is 48.8 Å². The summed E-state index contributed by atoms with van der Waals surface area (Å²) in [5.74, 6) is -0.685. The van der Waals surface area contributed by atoms with E-state index in [0.717, 1.165) is 18.4 Å². The van der Waals surface area contributed by atoms with Gasteiger partial charge in [0.2, 0.25) is 0 Å². The Morgan fingerprint density at radius 3 is 2.62 bits per heavy atom. The zero-order valence-corrected chi connectivity index (χ0v) is 14.0. The number of rotatable bonds is 4. The van der Waals surface area contributed by atoms with Gasteiger partial charge in [0.1, 0.15) is 5.82 Å². The normalized spacial score (nSPS) is 20.6. The fourth-order valence-electron chi connectivity index (χ4n) is 3.49. The summed E-state index contributed by atoms with van der Waals surface area (Å²) in [5, 5.41) is 0. The van der Waals surface area contributed by atoms with E-state index in [1.54, 1.807) is 30.6 Å². The highest BCUT2D eigenvalue weighted by Crippen LogP contribution is 2.27. The number of pyridine rings is 1. The zero-order valence-electron chi connectivity index (χ0n) is 14.0. The van der Waals surface area contributed by atoms with Crippen molar-refractivity contribution in [3.05, 3.63) is 65.7 Å². The van der Waals surface area contributed by atoms with E-state index in [1.165, 1.54) is 6.07 Å². The first-order valence-electron chi connectivity index (χ1n) is 8.18. The number of benzene rings is 1. The number of hydrogen-bond acceptors (Lipinski definition) is 3. The number of aromatic nitrogens is 1. The summed E-state index contributed by atoms with van der Waals surface area (Å²) >= 11 is 0. The van der Waals surface area contributed by atoms with Crippen molar-refractivity contribution >= 4 is 5.91 Å². The van der Waals surface area contributed by atoms with Gasteiger partial charge in [0.15, 0.2) is 0 Å². The maximum Gasteiger partial charge on any atom is 0.257 e. The van der Waals surface area contributed by atoms with Crippen LogP contribution in [0.2, 0.25) is 0 Å². The van der Waals surface area contributed by atoms with Crippen LogP contribution in [0.25, 0.3) is 0 Å². The van der Waals surface area contributed by atoms with Crippen LogP contribution in [0, 0.1) is 5.82 Å². The highest BCUT2D eigenvalue weighted by Gasteiger charge is 2.38. The predicted octanol–water partition coefficient (Wildman–Crippen LogP) is 2.61. The largest absolute Gasteiger partial charge is 0.334 e. The monoisotopic (exact) mass is 327 g/mol. The van der Waals surface area contributed by atoms with Crippen molar-refractivity contribution in [2.45, 2.75) is 24.9 Å². The average Bonchev–Trinajstić information content (AvgIpc) is 2.99. The third kappa shape index (κ3) is 3.31. The molecule has 126 valence electrons. The van der Waals surface area contributed by atoms with Gasteiger partial charge in [-0.15, -0.1) is 0 Å².